The number of carbonyl (C=O) groups is 1. The third kappa shape index (κ3) is 4.87. The molecule has 2 aromatic heterocycles. The lowest BCUT2D eigenvalue weighted by Crippen LogP contribution is -2.55. The largest absolute Gasteiger partial charge is 0.464 e. The molecule has 0 unspecified atom stereocenters. The first-order valence-corrected chi connectivity index (χ1v) is 12.8. The van der Waals surface area contributed by atoms with Crippen molar-refractivity contribution in [2.45, 2.75) is 53.2 Å². The summed E-state index contributed by atoms with van der Waals surface area (Å²) in [6, 6.07) is 9.17. The lowest BCUT2D eigenvalue weighted by Gasteiger charge is -2.43. The van der Waals surface area contributed by atoms with Crippen molar-refractivity contribution in [3.8, 4) is 6.01 Å². The SMILES string of the molecule is CCOc1ncc(N2CCc3cccc(N4CCN(C(=O)Cn5nc(C)cc5C)[C@H](C)C4)c3C2)cn1. The van der Waals surface area contributed by atoms with Gasteiger partial charge in [0, 0.05) is 50.1 Å². The van der Waals surface area contributed by atoms with Gasteiger partial charge in [-0.15, -0.1) is 0 Å². The van der Waals surface area contributed by atoms with E-state index in [2.05, 4.69) is 50.0 Å². The van der Waals surface area contributed by atoms with Crippen molar-refractivity contribution in [1.29, 1.82) is 0 Å². The van der Waals surface area contributed by atoms with Gasteiger partial charge in [0.05, 0.1) is 30.4 Å². The number of anilines is 2. The molecule has 5 rings (SSSR count). The fourth-order valence-electron chi connectivity index (χ4n) is 5.36. The van der Waals surface area contributed by atoms with E-state index in [9.17, 15) is 4.79 Å². The van der Waals surface area contributed by atoms with Crippen molar-refractivity contribution >= 4 is 17.3 Å². The average Bonchev–Trinajstić information content (AvgIpc) is 3.20. The monoisotopic (exact) mass is 489 g/mol. The van der Waals surface area contributed by atoms with E-state index >= 15 is 0 Å². The van der Waals surface area contributed by atoms with Crippen LogP contribution in [-0.2, 0) is 24.3 Å². The lowest BCUT2D eigenvalue weighted by atomic mass is 9.96. The van der Waals surface area contributed by atoms with Crippen molar-refractivity contribution in [2.24, 2.45) is 0 Å². The maximum absolute atomic E-state index is 13.1. The molecule has 0 N–H and O–H groups in total. The molecule has 190 valence electrons. The summed E-state index contributed by atoms with van der Waals surface area (Å²) in [5, 5.41) is 4.47. The van der Waals surface area contributed by atoms with Crippen LogP contribution in [0.25, 0.3) is 0 Å². The third-order valence-corrected chi connectivity index (χ3v) is 7.18. The molecular weight excluding hydrogens is 454 g/mol. The summed E-state index contributed by atoms with van der Waals surface area (Å²) in [5.74, 6) is 0.130. The first kappa shape index (κ1) is 24.1. The van der Waals surface area contributed by atoms with Crippen LogP contribution in [0, 0.1) is 13.8 Å². The van der Waals surface area contributed by atoms with Crippen LogP contribution in [-0.4, -0.2) is 69.4 Å². The second-order valence-electron chi connectivity index (χ2n) is 9.71. The predicted octanol–water partition coefficient (Wildman–Crippen LogP) is 2.99. The van der Waals surface area contributed by atoms with Crippen LogP contribution in [0.5, 0.6) is 6.01 Å². The zero-order valence-electron chi connectivity index (χ0n) is 21.6. The third-order valence-electron chi connectivity index (χ3n) is 7.18. The molecule has 1 fully saturated rings. The molecule has 0 saturated carbocycles. The molecule has 36 heavy (non-hydrogen) atoms. The summed E-state index contributed by atoms with van der Waals surface area (Å²) in [6.07, 6.45) is 4.68. The fourth-order valence-corrected chi connectivity index (χ4v) is 5.36. The van der Waals surface area contributed by atoms with Crippen LogP contribution in [0.4, 0.5) is 11.4 Å². The number of carbonyl (C=O) groups excluding carboxylic acids is 1. The quantitative estimate of drug-likeness (QED) is 0.527. The number of amides is 1. The Balaban J connectivity index is 1.28. The van der Waals surface area contributed by atoms with Gasteiger partial charge in [0.15, 0.2) is 0 Å². The number of fused-ring (bicyclic) bond motifs is 1. The highest BCUT2D eigenvalue weighted by molar-refractivity contribution is 5.77. The zero-order valence-corrected chi connectivity index (χ0v) is 21.6. The number of hydrogen-bond donors (Lipinski definition) is 0. The second-order valence-corrected chi connectivity index (χ2v) is 9.71. The van der Waals surface area contributed by atoms with E-state index in [1.807, 2.05) is 48.8 Å². The molecule has 1 atom stereocenters. The molecule has 0 radical (unpaired) electrons. The minimum atomic E-state index is 0.123. The van der Waals surface area contributed by atoms with Crippen LogP contribution in [0.2, 0.25) is 0 Å². The Bertz CT molecular complexity index is 1220. The summed E-state index contributed by atoms with van der Waals surface area (Å²) in [4.78, 5) is 28.6. The molecule has 1 aromatic carbocycles. The van der Waals surface area contributed by atoms with E-state index in [4.69, 9.17) is 4.74 Å². The highest BCUT2D eigenvalue weighted by atomic mass is 16.5. The van der Waals surface area contributed by atoms with Crippen molar-refractivity contribution in [2.75, 3.05) is 42.6 Å². The Morgan fingerprint density at radius 1 is 1.11 bits per heavy atom. The van der Waals surface area contributed by atoms with E-state index in [1.54, 1.807) is 0 Å². The molecule has 9 heteroatoms. The molecule has 1 amide bonds. The van der Waals surface area contributed by atoms with E-state index < -0.39 is 0 Å². The minimum absolute atomic E-state index is 0.123. The maximum Gasteiger partial charge on any atom is 0.316 e. The molecule has 1 saturated heterocycles. The van der Waals surface area contributed by atoms with Gasteiger partial charge >= 0.3 is 6.01 Å². The zero-order chi connectivity index (χ0) is 25.2. The molecule has 2 aliphatic rings. The molecule has 9 nitrogen and oxygen atoms in total. The van der Waals surface area contributed by atoms with Crippen molar-refractivity contribution in [1.82, 2.24) is 24.6 Å². The van der Waals surface area contributed by atoms with Crippen molar-refractivity contribution < 1.29 is 9.53 Å². The topological polar surface area (TPSA) is 79.6 Å². The van der Waals surface area contributed by atoms with Gasteiger partial charge in [-0.2, -0.15) is 5.10 Å². The Kier molecular flexibility index (Phi) is 6.80. The van der Waals surface area contributed by atoms with Gasteiger partial charge in [-0.3, -0.25) is 9.48 Å². The standard InChI is InChI=1S/C27H35N7O2/c1-5-36-27-28-14-23(15-29-27)31-10-9-22-7-6-8-25(24(22)17-31)32-11-12-33(21(4)16-32)26(35)18-34-20(3)13-19(2)30-34/h6-8,13-15,21H,5,9-12,16-18H2,1-4H3/t21-/m1/s1. The van der Waals surface area contributed by atoms with Gasteiger partial charge in [-0.25, -0.2) is 9.97 Å². The number of rotatable bonds is 6. The van der Waals surface area contributed by atoms with Crippen LogP contribution in [0.1, 0.15) is 36.4 Å². The number of nitrogens with zero attached hydrogens (tertiary/aromatic N) is 7. The summed E-state index contributed by atoms with van der Waals surface area (Å²) in [6.45, 7) is 13.0. The highest BCUT2D eigenvalue weighted by Gasteiger charge is 2.30. The first-order chi connectivity index (χ1) is 17.4. The van der Waals surface area contributed by atoms with E-state index in [-0.39, 0.29) is 11.9 Å². The van der Waals surface area contributed by atoms with Crippen LogP contribution >= 0.6 is 0 Å². The van der Waals surface area contributed by atoms with Crippen molar-refractivity contribution in [3.05, 3.63) is 59.2 Å². The van der Waals surface area contributed by atoms with Gasteiger partial charge in [-0.1, -0.05) is 12.1 Å². The summed E-state index contributed by atoms with van der Waals surface area (Å²) >= 11 is 0. The van der Waals surface area contributed by atoms with Crippen LogP contribution in [0.15, 0.2) is 36.7 Å². The minimum Gasteiger partial charge on any atom is -0.464 e. The molecule has 4 heterocycles. The molecule has 0 spiro atoms. The Hall–Kier alpha value is -3.62. The Labute approximate surface area is 212 Å². The number of aromatic nitrogens is 4. The Morgan fingerprint density at radius 2 is 1.92 bits per heavy atom. The van der Waals surface area contributed by atoms with Gasteiger partial charge in [0.1, 0.15) is 6.54 Å². The maximum atomic E-state index is 13.1. The van der Waals surface area contributed by atoms with Crippen LogP contribution in [0.3, 0.4) is 0 Å². The number of ether oxygens (including phenoxy) is 1. The van der Waals surface area contributed by atoms with Gasteiger partial charge in [0.25, 0.3) is 0 Å². The summed E-state index contributed by atoms with van der Waals surface area (Å²) < 4.78 is 7.21. The molecule has 0 aliphatic carbocycles. The molecule has 2 aliphatic heterocycles. The smallest absolute Gasteiger partial charge is 0.316 e. The van der Waals surface area contributed by atoms with Crippen LogP contribution < -0.4 is 14.5 Å². The van der Waals surface area contributed by atoms with Gasteiger partial charge in [-0.05, 0) is 57.4 Å². The molecule has 3 aromatic rings. The number of piperazine rings is 1. The Morgan fingerprint density at radius 3 is 2.61 bits per heavy atom. The van der Waals surface area contributed by atoms with E-state index in [0.717, 1.165) is 49.7 Å². The normalized spacial score (nSPS) is 17.8. The first-order valence-electron chi connectivity index (χ1n) is 12.8. The second kappa shape index (κ2) is 10.2. The lowest BCUT2D eigenvalue weighted by molar-refractivity contribution is -0.134. The molecular formula is C27H35N7O2. The predicted molar refractivity (Wildman–Crippen MR) is 139 cm³/mol. The summed E-state index contributed by atoms with van der Waals surface area (Å²) in [7, 11) is 0. The van der Waals surface area contributed by atoms with E-state index in [0.29, 0.717) is 25.7 Å². The van der Waals surface area contributed by atoms with Gasteiger partial charge in [0.2, 0.25) is 5.91 Å². The highest BCUT2D eigenvalue weighted by Crippen LogP contribution is 2.32. The number of benzene rings is 1. The molecule has 0 bridgehead atoms. The fraction of sp³-hybridized carbons (Fsp3) is 0.481. The van der Waals surface area contributed by atoms with Crippen molar-refractivity contribution in [3.63, 3.8) is 0 Å². The summed E-state index contributed by atoms with van der Waals surface area (Å²) in [5.41, 5.74) is 6.98. The van der Waals surface area contributed by atoms with E-state index in [1.165, 1.54) is 16.8 Å². The number of hydrogen-bond acceptors (Lipinski definition) is 7. The average molecular weight is 490 g/mol. The number of aryl methyl sites for hydroxylation is 2. The van der Waals surface area contributed by atoms with Gasteiger partial charge < -0.3 is 19.4 Å².